The highest BCUT2D eigenvalue weighted by Gasteiger charge is 2.36. The highest BCUT2D eigenvalue weighted by atomic mass is 32.3. The minimum Gasteiger partial charge on any atom is -0.506 e. The zero-order valence-electron chi connectivity index (χ0n) is 15.0. The lowest BCUT2D eigenvalue weighted by Gasteiger charge is -2.36. The fourth-order valence-corrected chi connectivity index (χ4v) is 4.19. The molecule has 0 bridgehead atoms. The Hall–Kier alpha value is -1.52. The molecule has 9 heteroatoms. The van der Waals surface area contributed by atoms with Gasteiger partial charge in [0.1, 0.15) is 17.7 Å². The van der Waals surface area contributed by atoms with Crippen LogP contribution in [0.5, 0.6) is 5.75 Å². The number of carbonyl (C=O) groups excluding carboxylic acids is 1. The molecule has 1 fully saturated rings. The average molecular weight is 388 g/mol. The van der Waals surface area contributed by atoms with Crippen molar-refractivity contribution >= 4 is 22.6 Å². The van der Waals surface area contributed by atoms with Crippen LogP contribution in [0.15, 0.2) is 18.2 Å². The summed E-state index contributed by atoms with van der Waals surface area (Å²) in [7, 11) is -3.36. The molecule has 0 aliphatic carbocycles. The largest absolute Gasteiger partial charge is 0.506 e. The molecule has 1 aliphatic heterocycles. The Morgan fingerprint density at radius 3 is 2.73 bits per heavy atom. The molecule has 26 heavy (non-hydrogen) atoms. The second kappa shape index (κ2) is 9.43. The van der Waals surface area contributed by atoms with Crippen molar-refractivity contribution in [3.63, 3.8) is 0 Å². The van der Waals surface area contributed by atoms with E-state index in [2.05, 4.69) is 17.0 Å². The Kier molecular flexibility index (Phi) is 7.54. The molecule has 1 heterocycles. The van der Waals surface area contributed by atoms with Crippen molar-refractivity contribution in [2.75, 3.05) is 17.4 Å². The molecule has 1 amide bonds. The summed E-state index contributed by atoms with van der Waals surface area (Å²) in [4.78, 5) is 11.9. The first-order chi connectivity index (χ1) is 12.3. The number of nitrogens with zero attached hydrogens (tertiary/aromatic N) is 1. The van der Waals surface area contributed by atoms with E-state index in [4.69, 9.17) is 0 Å². The van der Waals surface area contributed by atoms with Crippen molar-refractivity contribution in [2.24, 2.45) is 0 Å². The predicted octanol–water partition coefficient (Wildman–Crippen LogP) is 2.33. The number of amides is 1. The number of aryl methyl sites for hydroxylation is 1. The van der Waals surface area contributed by atoms with Crippen LogP contribution in [-0.2, 0) is 11.2 Å². The summed E-state index contributed by atoms with van der Waals surface area (Å²) in [6.07, 6.45) is 4.16. The van der Waals surface area contributed by atoms with Crippen molar-refractivity contribution in [1.82, 2.24) is 10.0 Å². The van der Waals surface area contributed by atoms with Crippen LogP contribution in [0.1, 0.15) is 44.6 Å². The smallest absolute Gasteiger partial charge is 0.220 e. The van der Waals surface area contributed by atoms with E-state index in [9.17, 15) is 24.1 Å². The van der Waals surface area contributed by atoms with E-state index in [1.165, 1.54) is 12.5 Å². The monoisotopic (exact) mass is 387 g/mol. The molecule has 6 N–H and O–H groups in total. The van der Waals surface area contributed by atoms with E-state index in [1.807, 2.05) is 0 Å². The number of phenolic OH excluding ortho intramolecular Hbond substituents is 1. The summed E-state index contributed by atoms with van der Waals surface area (Å²) >= 11 is 0. The number of aliphatic hydroxyl groups excluding tert-OH is 1. The maximum absolute atomic E-state index is 11.9. The van der Waals surface area contributed by atoms with E-state index in [0.29, 0.717) is 19.4 Å². The third-order valence-corrected chi connectivity index (χ3v) is 5.79. The summed E-state index contributed by atoms with van der Waals surface area (Å²) < 4.78 is 23.2. The molecule has 148 valence electrons. The van der Waals surface area contributed by atoms with Crippen molar-refractivity contribution < 1.29 is 24.1 Å². The third kappa shape index (κ3) is 5.75. The fourth-order valence-electron chi connectivity index (χ4n) is 2.84. The summed E-state index contributed by atoms with van der Waals surface area (Å²) in [5, 5.41) is 22.6. The highest BCUT2D eigenvalue weighted by Crippen LogP contribution is 2.49. The maximum atomic E-state index is 11.9. The number of hydrogen-bond donors (Lipinski definition) is 6. The Labute approximate surface area is 155 Å². The highest BCUT2D eigenvalue weighted by molar-refractivity contribution is 8.24. The molecular weight excluding hydrogens is 358 g/mol. The molecule has 1 aromatic carbocycles. The number of phenols is 1. The molecule has 0 spiro atoms. The van der Waals surface area contributed by atoms with Gasteiger partial charge in [0.25, 0.3) is 0 Å². The van der Waals surface area contributed by atoms with Gasteiger partial charge in [0.2, 0.25) is 5.91 Å². The van der Waals surface area contributed by atoms with E-state index < -0.39 is 17.2 Å². The van der Waals surface area contributed by atoms with Crippen molar-refractivity contribution in [3.8, 4) is 5.75 Å². The first kappa shape index (κ1) is 20.8. The number of carbonyl (C=O) groups is 1. The number of unbranched alkanes of at least 4 members (excludes halogenated alkanes) is 3. The number of aromatic hydroxyl groups is 1. The number of rotatable bonds is 9. The van der Waals surface area contributed by atoms with Crippen LogP contribution in [0, 0.1) is 0 Å². The lowest BCUT2D eigenvalue weighted by molar-refractivity contribution is -0.121. The number of hydrogen-bond acceptors (Lipinski definition) is 7. The number of benzene rings is 1. The van der Waals surface area contributed by atoms with Gasteiger partial charge in [-0.15, -0.1) is 0 Å². The minimum atomic E-state index is -3.36. The summed E-state index contributed by atoms with van der Waals surface area (Å²) in [5.41, 5.74) is 0.995. The van der Waals surface area contributed by atoms with Crippen LogP contribution >= 0.6 is 11.0 Å². The molecule has 1 aliphatic rings. The average Bonchev–Trinajstić information content (AvgIpc) is 2.85. The Bertz CT molecular complexity index is 614. The van der Waals surface area contributed by atoms with Crippen molar-refractivity contribution in [3.05, 3.63) is 23.8 Å². The van der Waals surface area contributed by atoms with Crippen molar-refractivity contribution in [1.29, 1.82) is 0 Å². The van der Waals surface area contributed by atoms with Crippen LogP contribution in [0.4, 0.5) is 5.69 Å². The van der Waals surface area contributed by atoms with Gasteiger partial charge in [0.05, 0.1) is 6.54 Å². The first-order valence-corrected chi connectivity index (χ1v) is 10.4. The lowest BCUT2D eigenvalue weighted by Crippen LogP contribution is -2.25. The summed E-state index contributed by atoms with van der Waals surface area (Å²) in [6, 6.07) is 4.79. The zero-order chi connectivity index (χ0) is 19.2. The van der Waals surface area contributed by atoms with E-state index >= 15 is 0 Å². The van der Waals surface area contributed by atoms with Crippen molar-refractivity contribution in [2.45, 2.75) is 51.7 Å². The molecule has 1 saturated heterocycles. The third-order valence-electron chi connectivity index (χ3n) is 4.24. The number of nitrogens with one attached hydrogen (secondary N) is 2. The van der Waals surface area contributed by atoms with Gasteiger partial charge in [0, 0.05) is 13.0 Å². The summed E-state index contributed by atoms with van der Waals surface area (Å²) in [6.45, 7) is 2.78. The van der Waals surface area contributed by atoms with E-state index in [-0.39, 0.29) is 23.9 Å². The molecule has 0 aromatic heterocycles. The zero-order valence-corrected chi connectivity index (χ0v) is 15.8. The Morgan fingerprint density at radius 2 is 2.12 bits per heavy atom. The molecule has 0 radical (unpaired) electrons. The van der Waals surface area contributed by atoms with Crippen LogP contribution < -0.4 is 14.3 Å². The standard InChI is InChI=1S/C17H29N3O5S/c1-2-3-4-5-10-18-16(22)9-7-13-6-8-14(15(21)11-13)20-12-17(23)19-26(20,24)25/h6,8,11,17,19,21,23-25H,2-5,7,9-10,12H2,1H3,(H,18,22). The number of aliphatic hydroxyl groups is 1. The number of anilines is 1. The molecule has 1 atom stereocenters. The second-order valence-corrected chi connectivity index (χ2v) is 8.16. The maximum Gasteiger partial charge on any atom is 0.220 e. The van der Waals surface area contributed by atoms with Crippen LogP contribution in [0.3, 0.4) is 0 Å². The van der Waals surface area contributed by atoms with Gasteiger partial charge in [0.15, 0.2) is 0 Å². The van der Waals surface area contributed by atoms with Gasteiger partial charge in [-0.05, 0) is 30.5 Å². The van der Waals surface area contributed by atoms with Gasteiger partial charge < -0.3 is 15.5 Å². The Morgan fingerprint density at radius 1 is 1.35 bits per heavy atom. The fraction of sp³-hybridized carbons (Fsp3) is 0.588. The molecular formula is C17H29N3O5S. The van der Waals surface area contributed by atoms with Gasteiger partial charge in [-0.2, -0.15) is 4.72 Å². The molecule has 1 aromatic rings. The molecule has 1 unspecified atom stereocenters. The van der Waals surface area contributed by atoms with E-state index in [0.717, 1.165) is 29.1 Å². The quantitative estimate of drug-likeness (QED) is 0.359. The van der Waals surface area contributed by atoms with Gasteiger partial charge >= 0.3 is 0 Å². The summed E-state index contributed by atoms with van der Waals surface area (Å²) in [5.74, 6) is -0.149. The van der Waals surface area contributed by atoms with E-state index in [1.54, 1.807) is 12.1 Å². The topological polar surface area (TPSA) is 125 Å². The van der Waals surface area contributed by atoms with Crippen LogP contribution in [0.2, 0.25) is 0 Å². The minimum absolute atomic E-state index is 0.0221. The van der Waals surface area contributed by atoms with Crippen LogP contribution in [0.25, 0.3) is 0 Å². The van der Waals surface area contributed by atoms with Gasteiger partial charge in [-0.3, -0.25) is 18.2 Å². The normalized spacial score (nSPS) is 20.2. The second-order valence-electron chi connectivity index (χ2n) is 6.45. The number of β-amino-alcohol motifs (C(OH)–C–C–N with tert-alkyl or cyclic N) is 1. The Balaban J connectivity index is 1.85. The van der Waals surface area contributed by atoms with Crippen LogP contribution in [-0.4, -0.2) is 44.5 Å². The van der Waals surface area contributed by atoms with Gasteiger partial charge in [-0.25, -0.2) is 0 Å². The first-order valence-electron chi connectivity index (χ1n) is 8.93. The van der Waals surface area contributed by atoms with Gasteiger partial charge in [-0.1, -0.05) is 43.2 Å². The predicted molar refractivity (Wildman–Crippen MR) is 103 cm³/mol. The molecule has 2 rings (SSSR count). The SMILES string of the molecule is CCCCCCNC(=O)CCc1ccc(N2CC(O)NS2(O)O)c(O)c1. The molecule has 0 saturated carbocycles. The molecule has 8 nitrogen and oxygen atoms in total. The lowest BCUT2D eigenvalue weighted by atomic mass is 10.1.